The van der Waals surface area contributed by atoms with Gasteiger partial charge in [-0.25, -0.2) is 4.79 Å². The molecular formula is C10H10F3NO5. The summed E-state index contributed by atoms with van der Waals surface area (Å²) in [7, 11) is 1.09. The van der Waals surface area contributed by atoms with Crippen molar-refractivity contribution in [3.63, 3.8) is 0 Å². The van der Waals surface area contributed by atoms with Crippen LogP contribution in [0.3, 0.4) is 0 Å². The largest absolute Gasteiger partial charge is 0.573 e. The molecular weight excluding hydrogens is 271 g/mol. The molecule has 0 unspecified atom stereocenters. The summed E-state index contributed by atoms with van der Waals surface area (Å²) < 4.78 is 49.3. The number of methoxy groups -OCH3 is 1. The molecule has 0 radical (unpaired) electrons. The highest BCUT2D eigenvalue weighted by atomic mass is 19.4. The van der Waals surface area contributed by atoms with E-state index in [9.17, 15) is 22.8 Å². The molecule has 1 aromatic heterocycles. The Kier molecular flexibility index (Phi) is 4.41. The Morgan fingerprint density at radius 1 is 1.37 bits per heavy atom. The van der Waals surface area contributed by atoms with Crippen molar-refractivity contribution in [3.05, 3.63) is 22.1 Å². The lowest BCUT2D eigenvalue weighted by molar-refractivity contribution is -0.274. The van der Waals surface area contributed by atoms with Crippen LogP contribution in [0, 0.1) is 0 Å². The van der Waals surface area contributed by atoms with Crippen LogP contribution in [-0.2, 0) is 4.74 Å². The van der Waals surface area contributed by atoms with Gasteiger partial charge < -0.3 is 19.2 Å². The highest BCUT2D eigenvalue weighted by Crippen LogP contribution is 2.27. The zero-order chi connectivity index (χ0) is 14.6. The standard InChI is InChI=1S/C10H10F3NO5/c1-3-18-9(16)7-5(19-10(11,12)13)4-6(17-2)8(15)14-7/h4H,3H2,1-2H3,(H,14,15). The molecule has 1 N–H and O–H groups in total. The third-order valence-corrected chi connectivity index (χ3v) is 1.90. The third-order valence-electron chi connectivity index (χ3n) is 1.90. The molecule has 0 aliphatic heterocycles. The molecule has 0 atom stereocenters. The van der Waals surface area contributed by atoms with Crippen LogP contribution < -0.4 is 15.0 Å². The van der Waals surface area contributed by atoms with Crippen molar-refractivity contribution in [2.24, 2.45) is 0 Å². The highest BCUT2D eigenvalue weighted by molar-refractivity contribution is 5.90. The summed E-state index contributed by atoms with van der Waals surface area (Å²) in [5.74, 6) is -2.46. The normalized spacial score (nSPS) is 11.0. The van der Waals surface area contributed by atoms with E-state index in [0.29, 0.717) is 6.07 Å². The molecule has 9 heteroatoms. The predicted octanol–water partition coefficient (Wildman–Crippen LogP) is 1.46. The van der Waals surface area contributed by atoms with Crippen LogP contribution in [0.15, 0.2) is 10.9 Å². The Morgan fingerprint density at radius 2 is 2.00 bits per heavy atom. The Morgan fingerprint density at radius 3 is 2.47 bits per heavy atom. The van der Waals surface area contributed by atoms with Gasteiger partial charge in [-0.3, -0.25) is 4.79 Å². The second kappa shape index (κ2) is 5.63. The number of hydrogen-bond donors (Lipinski definition) is 1. The van der Waals surface area contributed by atoms with Crippen molar-refractivity contribution in [2.45, 2.75) is 13.3 Å². The second-order valence-corrected chi connectivity index (χ2v) is 3.17. The summed E-state index contributed by atoms with van der Waals surface area (Å²) in [6.45, 7) is 1.39. The number of alkyl halides is 3. The molecule has 0 fully saturated rings. The van der Waals surface area contributed by atoms with E-state index < -0.39 is 35.1 Å². The van der Waals surface area contributed by atoms with Crippen molar-refractivity contribution in [1.29, 1.82) is 0 Å². The van der Waals surface area contributed by atoms with E-state index in [1.54, 1.807) is 0 Å². The van der Waals surface area contributed by atoms with Crippen molar-refractivity contribution >= 4 is 5.97 Å². The van der Waals surface area contributed by atoms with Gasteiger partial charge in [0.1, 0.15) is 0 Å². The van der Waals surface area contributed by atoms with Crippen LogP contribution in [0.5, 0.6) is 11.5 Å². The summed E-state index contributed by atoms with van der Waals surface area (Å²) in [4.78, 5) is 24.7. The molecule has 1 rings (SSSR count). The summed E-state index contributed by atoms with van der Waals surface area (Å²) in [5.41, 5.74) is -1.61. The first-order valence-corrected chi connectivity index (χ1v) is 5.02. The molecule has 0 aromatic carbocycles. The van der Waals surface area contributed by atoms with E-state index in [1.165, 1.54) is 6.92 Å². The summed E-state index contributed by atoms with van der Waals surface area (Å²) in [5, 5.41) is 0. The third kappa shape index (κ3) is 3.90. The van der Waals surface area contributed by atoms with Gasteiger partial charge in [-0.2, -0.15) is 0 Å². The van der Waals surface area contributed by atoms with Crippen LogP contribution in [0.4, 0.5) is 13.2 Å². The van der Waals surface area contributed by atoms with Crippen LogP contribution in [-0.4, -0.2) is 31.0 Å². The lowest BCUT2D eigenvalue weighted by atomic mass is 10.3. The minimum absolute atomic E-state index is 0.0711. The second-order valence-electron chi connectivity index (χ2n) is 3.17. The molecule has 19 heavy (non-hydrogen) atoms. The zero-order valence-corrected chi connectivity index (χ0v) is 9.96. The van der Waals surface area contributed by atoms with Gasteiger partial charge in [-0.05, 0) is 6.92 Å². The molecule has 0 saturated carbocycles. The zero-order valence-electron chi connectivity index (χ0n) is 9.96. The van der Waals surface area contributed by atoms with Gasteiger partial charge in [0.25, 0.3) is 5.56 Å². The van der Waals surface area contributed by atoms with E-state index in [0.717, 1.165) is 7.11 Å². The van der Waals surface area contributed by atoms with E-state index in [2.05, 4.69) is 14.2 Å². The van der Waals surface area contributed by atoms with E-state index >= 15 is 0 Å². The number of hydrogen-bond acceptors (Lipinski definition) is 5. The fourth-order valence-electron chi connectivity index (χ4n) is 1.21. The van der Waals surface area contributed by atoms with Gasteiger partial charge >= 0.3 is 12.3 Å². The Bertz CT molecular complexity index is 523. The van der Waals surface area contributed by atoms with Gasteiger partial charge in [0.05, 0.1) is 13.7 Å². The van der Waals surface area contributed by atoms with Crippen LogP contribution in [0.25, 0.3) is 0 Å². The average molecular weight is 281 g/mol. The first-order chi connectivity index (χ1) is 8.78. The molecule has 1 heterocycles. The maximum Gasteiger partial charge on any atom is 0.573 e. The number of halogens is 3. The summed E-state index contributed by atoms with van der Waals surface area (Å²) >= 11 is 0. The number of esters is 1. The number of H-pyrrole nitrogens is 1. The number of aromatic nitrogens is 1. The molecule has 6 nitrogen and oxygen atoms in total. The fraction of sp³-hybridized carbons (Fsp3) is 0.400. The number of ether oxygens (including phenoxy) is 3. The SMILES string of the molecule is CCOC(=O)c1[nH]c(=O)c(OC)cc1OC(F)(F)F. The van der Waals surface area contributed by atoms with Gasteiger partial charge in [-0.1, -0.05) is 0 Å². The molecule has 106 valence electrons. The van der Waals surface area contributed by atoms with Crippen LogP contribution >= 0.6 is 0 Å². The van der Waals surface area contributed by atoms with Gasteiger partial charge in [-0.15, -0.1) is 13.2 Å². The van der Waals surface area contributed by atoms with Crippen molar-refractivity contribution in [2.75, 3.05) is 13.7 Å². The number of pyridine rings is 1. The lowest BCUT2D eigenvalue weighted by Crippen LogP contribution is -2.23. The highest BCUT2D eigenvalue weighted by Gasteiger charge is 2.34. The average Bonchev–Trinajstić information content (AvgIpc) is 2.29. The van der Waals surface area contributed by atoms with Crippen LogP contribution in [0.1, 0.15) is 17.4 Å². The van der Waals surface area contributed by atoms with Gasteiger partial charge in [0.15, 0.2) is 17.2 Å². The fourth-order valence-corrected chi connectivity index (χ4v) is 1.21. The molecule has 1 aromatic rings. The molecule has 0 saturated heterocycles. The minimum atomic E-state index is -5.02. The van der Waals surface area contributed by atoms with Crippen molar-refractivity contribution in [3.8, 4) is 11.5 Å². The maximum absolute atomic E-state index is 12.2. The first kappa shape index (κ1) is 14.9. The van der Waals surface area contributed by atoms with Gasteiger partial charge in [0.2, 0.25) is 0 Å². The molecule has 0 bridgehead atoms. The van der Waals surface area contributed by atoms with Gasteiger partial charge in [0, 0.05) is 6.07 Å². The van der Waals surface area contributed by atoms with Crippen LogP contribution in [0.2, 0.25) is 0 Å². The van der Waals surface area contributed by atoms with Crippen molar-refractivity contribution < 1.29 is 32.2 Å². The number of rotatable bonds is 4. The summed E-state index contributed by atoms with van der Waals surface area (Å²) in [6.07, 6.45) is -5.02. The minimum Gasteiger partial charge on any atom is -0.491 e. The number of carbonyl (C=O) groups excluding carboxylic acids is 1. The van der Waals surface area contributed by atoms with E-state index in [4.69, 9.17) is 0 Å². The number of carbonyl (C=O) groups is 1. The first-order valence-electron chi connectivity index (χ1n) is 5.02. The maximum atomic E-state index is 12.2. The quantitative estimate of drug-likeness (QED) is 0.845. The smallest absolute Gasteiger partial charge is 0.491 e. The lowest BCUT2D eigenvalue weighted by Gasteiger charge is -2.13. The van der Waals surface area contributed by atoms with E-state index in [1.807, 2.05) is 4.98 Å². The molecule has 0 spiro atoms. The topological polar surface area (TPSA) is 77.6 Å². The Balaban J connectivity index is 3.30. The van der Waals surface area contributed by atoms with Crippen molar-refractivity contribution in [1.82, 2.24) is 4.98 Å². The predicted molar refractivity (Wildman–Crippen MR) is 56.3 cm³/mol. The molecule has 0 aliphatic carbocycles. The molecule has 0 amide bonds. The summed E-state index contributed by atoms with van der Waals surface area (Å²) in [6, 6.07) is 0.665. The monoisotopic (exact) mass is 281 g/mol. The van der Waals surface area contributed by atoms with E-state index in [-0.39, 0.29) is 6.61 Å². The number of nitrogens with one attached hydrogen (secondary N) is 1. The molecule has 0 aliphatic rings. The Labute approximate surface area is 105 Å². The number of aromatic amines is 1. The Hall–Kier alpha value is -2.19.